The highest BCUT2D eigenvalue weighted by atomic mass is 32.1. The first-order valence-electron chi connectivity index (χ1n) is 7.16. The Kier molecular flexibility index (Phi) is 2.39. The molecule has 2 bridgehead atoms. The first-order chi connectivity index (χ1) is 10.4. The van der Waals surface area contributed by atoms with Crippen molar-refractivity contribution in [3.8, 4) is 11.3 Å². The average Bonchev–Trinajstić information content (AvgIpc) is 3.15. The Bertz CT molecular complexity index is 781. The van der Waals surface area contributed by atoms with Crippen LogP contribution >= 0.6 is 11.3 Å². The number of benzene rings is 1. The molecule has 5 nitrogen and oxygen atoms in total. The van der Waals surface area contributed by atoms with Crippen molar-refractivity contribution >= 4 is 28.5 Å². The van der Waals surface area contributed by atoms with Crippen LogP contribution in [0.2, 0.25) is 0 Å². The van der Waals surface area contributed by atoms with Crippen molar-refractivity contribution < 1.29 is 4.42 Å². The van der Waals surface area contributed by atoms with E-state index in [1.54, 1.807) is 11.3 Å². The predicted octanol–water partition coefficient (Wildman–Crippen LogP) is 2.50. The van der Waals surface area contributed by atoms with Gasteiger partial charge in [-0.3, -0.25) is 0 Å². The summed E-state index contributed by atoms with van der Waals surface area (Å²) in [6, 6.07) is 7.98. The maximum atomic E-state index is 6.08. The molecule has 3 aliphatic rings. The van der Waals surface area contributed by atoms with Crippen molar-refractivity contribution in [2.75, 3.05) is 18.0 Å². The minimum atomic E-state index is 0.594. The van der Waals surface area contributed by atoms with Crippen molar-refractivity contribution in [1.29, 1.82) is 0 Å². The molecule has 3 fully saturated rings. The molecule has 21 heavy (non-hydrogen) atoms. The van der Waals surface area contributed by atoms with E-state index in [0.717, 1.165) is 41.5 Å². The van der Waals surface area contributed by atoms with Crippen LogP contribution in [0.15, 0.2) is 33.5 Å². The van der Waals surface area contributed by atoms with Gasteiger partial charge < -0.3 is 14.6 Å². The van der Waals surface area contributed by atoms with Gasteiger partial charge in [0.25, 0.3) is 6.01 Å². The second kappa shape index (κ2) is 4.29. The lowest BCUT2D eigenvalue weighted by Crippen LogP contribution is -2.67. The number of anilines is 1. The first-order valence-corrected chi connectivity index (χ1v) is 8.10. The van der Waals surface area contributed by atoms with E-state index in [1.807, 2.05) is 29.1 Å². The van der Waals surface area contributed by atoms with Gasteiger partial charge in [0.2, 0.25) is 0 Å². The summed E-state index contributed by atoms with van der Waals surface area (Å²) >= 11 is 1.59. The molecule has 0 saturated carbocycles. The summed E-state index contributed by atoms with van der Waals surface area (Å²) in [6.07, 6.45) is 1.28. The van der Waals surface area contributed by atoms with Gasteiger partial charge in [0, 0.05) is 36.1 Å². The zero-order valence-electron chi connectivity index (χ0n) is 11.3. The SMILES string of the molecule is c1cc(-c2cscn2)c2oc(N3CC4CC(C3)N4)nc2c1. The fourth-order valence-electron chi connectivity index (χ4n) is 3.29. The number of hydrogen-bond donors (Lipinski definition) is 1. The number of piperidine rings is 1. The van der Waals surface area contributed by atoms with Gasteiger partial charge >= 0.3 is 0 Å². The summed E-state index contributed by atoms with van der Waals surface area (Å²) in [4.78, 5) is 11.3. The quantitative estimate of drug-likeness (QED) is 0.788. The molecule has 0 amide bonds. The van der Waals surface area contributed by atoms with Crippen molar-refractivity contribution in [2.45, 2.75) is 18.5 Å². The summed E-state index contributed by atoms with van der Waals surface area (Å²) in [5.74, 6) is 0. The van der Waals surface area contributed by atoms with E-state index < -0.39 is 0 Å². The predicted molar refractivity (Wildman–Crippen MR) is 82.7 cm³/mol. The zero-order valence-corrected chi connectivity index (χ0v) is 12.1. The molecule has 2 aromatic heterocycles. The van der Waals surface area contributed by atoms with Crippen molar-refractivity contribution in [1.82, 2.24) is 15.3 Å². The van der Waals surface area contributed by atoms with E-state index in [9.17, 15) is 0 Å². The highest BCUT2D eigenvalue weighted by Crippen LogP contribution is 2.33. The molecule has 3 aromatic rings. The molecule has 2 unspecified atom stereocenters. The molecule has 5 heterocycles. The lowest BCUT2D eigenvalue weighted by Gasteiger charge is -2.47. The zero-order chi connectivity index (χ0) is 13.8. The van der Waals surface area contributed by atoms with Crippen LogP contribution in [0.25, 0.3) is 22.4 Å². The molecule has 2 atom stereocenters. The number of nitrogens with one attached hydrogen (secondary N) is 1. The standard InChI is InChI=1S/C15H14N4OS/c1-2-11(13-7-21-8-16-13)14-12(3-1)18-15(20-14)19-5-9-4-10(6-19)17-9/h1-3,7-10,17H,4-6H2. The van der Waals surface area contributed by atoms with Crippen LogP contribution in [-0.4, -0.2) is 35.1 Å². The molecule has 3 saturated heterocycles. The Labute approximate surface area is 125 Å². The number of oxazole rings is 1. The number of hydrogen-bond acceptors (Lipinski definition) is 6. The minimum absolute atomic E-state index is 0.594. The molecule has 1 aromatic carbocycles. The van der Waals surface area contributed by atoms with E-state index in [2.05, 4.69) is 20.2 Å². The number of rotatable bonds is 2. The van der Waals surface area contributed by atoms with Gasteiger partial charge in [-0.2, -0.15) is 4.98 Å². The van der Waals surface area contributed by atoms with Crippen molar-refractivity contribution in [3.05, 3.63) is 29.1 Å². The Balaban J connectivity index is 1.59. The number of aromatic nitrogens is 2. The minimum Gasteiger partial charge on any atom is -0.423 e. The Morgan fingerprint density at radius 1 is 1.29 bits per heavy atom. The average molecular weight is 298 g/mol. The van der Waals surface area contributed by atoms with E-state index in [4.69, 9.17) is 4.42 Å². The Morgan fingerprint density at radius 2 is 2.14 bits per heavy atom. The van der Waals surface area contributed by atoms with Crippen LogP contribution in [0.4, 0.5) is 6.01 Å². The summed E-state index contributed by atoms with van der Waals surface area (Å²) in [7, 11) is 0. The summed E-state index contributed by atoms with van der Waals surface area (Å²) in [5, 5.41) is 5.57. The molecule has 0 aliphatic carbocycles. The van der Waals surface area contributed by atoms with Gasteiger partial charge in [-0.25, -0.2) is 4.98 Å². The van der Waals surface area contributed by atoms with Crippen LogP contribution < -0.4 is 10.2 Å². The molecule has 3 aliphatic heterocycles. The van der Waals surface area contributed by atoms with Crippen molar-refractivity contribution in [2.24, 2.45) is 0 Å². The Morgan fingerprint density at radius 3 is 2.90 bits per heavy atom. The molecule has 0 spiro atoms. The number of fused-ring (bicyclic) bond motifs is 3. The maximum Gasteiger partial charge on any atom is 0.298 e. The number of thiazole rings is 1. The second-order valence-electron chi connectivity index (χ2n) is 5.73. The Hall–Kier alpha value is -1.92. The highest BCUT2D eigenvalue weighted by Gasteiger charge is 2.38. The maximum absolute atomic E-state index is 6.08. The number of piperazine rings is 1. The molecule has 1 N–H and O–H groups in total. The smallest absolute Gasteiger partial charge is 0.298 e. The third kappa shape index (κ3) is 1.79. The summed E-state index contributed by atoms with van der Waals surface area (Å²) in [6.45, 7) is 1.96. The van der Waals surface area contributed by atoms with E-state index in [0.29, 0.717) is 12.1 Å². The van der Waals surface area contributed by atoms with Gasteiger partial charge in [0.05, 0.1) is 11.2 Å². The third-order valence-corrected chi connectivity index (χ3v) is 4.89. The number of nitrogens with zero attached hydrogens (tertiary/aromatic N) is 3. The van der Waals surface area contributed by atoms with Gasteiger partial charge in [-0.15, -0.1) is 11.3 Å². The van der Waals surface area contributed by atoms with Gasteiger partial charge in [-0.05, 0) is 18.6 Å². The van der Waals surface area contributed by atoms with Crippen LogP contribution in [0.1, 0.15) is 6.42 Å². The molecule has 106 valence electrons. The van der Waals surface area contributed by atoms with E-state index >= 15 is 0 Å². The van der Waals surface area contributed by atoms with E-state index in [-0.39, 0.29) is 0 Å². The largest absolute Gasteiger partial charge is 0.423 e. The second-order valence-corrected chi connectivity index (χ2v) is 6.44. The van der Waals surface area contributed by atoms with Gasteiger partial charge in [0.15, 0.2) is 5.58 Å². The molecule has 6 heteroatoms. The molecule has 0 radical (unpaired) electrons. The molecular formula is C15H14N4OS. The first kappa shape index (κ1) is 11.7. The lowest BCUT2D eigenvalue weighted by atomic mass is 9.92. The summed E-state index contributed by atoms with van der Waals surface area (Å²) in [5.41, 5.74) is 5.56. The fraction of sp³-hybridized carbons (Fsp3) is 0.333. The summed E-state index contributed by atoms with van der Waals surface area (Å²) < 4.78 is 6.08. The van der Waals surface area contributed by atoms with Crippen LogP contribution in [0, 0.1) is 0 Å². The van der Waals surface area contributed by atoms with Gasteiger partial charge in [0.1, 0.15) is 5.52 Å². The normalized spacial score (nSPS) is 24.3. The van der Waals surface area contributed by atoms with E-state index in [1.165, 1.54) is 6.42 Å². The highest BCUT2D eigenvalue weighted by molar-refractivity contribution is 7.07. The van der Waals surface area contributed by atoms with Crippen LogP contribution in [-0.2, 0) is 0 Å². The van der Waals surface area contributed by atoms with Crippen molar-refractivity contribution in [3.63, 3.8) is 0 Å². The van der Waals surface area contributed by atoms with Crippen LogP contribution in [0.5, 0.6) is 0 Å². The third-order valence-electron chi connectivity index (χ3n) is 4.30. The topological polar surface area (TPSA) is 54.2 Å². The number of para-hydroxylation sites is 1. The van der Waals surface area contributed by atoms with Gasteiger partial charge in [-0.1, -0.05) is 6.07 Å². The van der Waals surface area contributed by atoms with Crippen LogP contribution in [0.3, 0.4) is 0 Å². The lowest BCUT2D eigenvalue weighted by molar-refractivity contribution is 0.220. The molecular weight excluding hydrogens is 284 g/mol. The monoisotopic (exact) mass is 298 g/mol. The molecule has 6 rings (SSSR count). The fourth-order valence-corrected chi connectivity index (χ4v) is 3.84.